The monoisotopic (exact) mass is 276 g/mol. The second-order valence-corrected chi connectivity index (χ2v) is 7.88. The van der Waals surface area contributed by atoms with Gasteiger partial charge in [-0.25, -0.2) is 0 Å². The molecule has 0 unspecified atom stereocenters. The van der Waals surface area contributed by atoms with Gasteiger partial charge in [-0.15, -0.1) is 6.58 Å². The number of rotatable bonds is 5. The lowest BCUT2D eigenvalue weighted by atomic mass is 9.43. The van der Waals surface area contributed by atoms with Crippen LogP contribution in [0.3, 0.4) is 0 Å². The van der Waals surface area contributed by atoms with Crippen LogP contribution in [0, 0.1) is 17.3 Å². The van der Waals surface area contributed by atoms with Crippen molar-refractivity contribution in [3.05, 3.63) is 12.7 Å². The van der Waals surface area contributed by atoms with Crippen LogP contribution < -0.4 is 0 Å². The molecule has 1 aliphatic heterocycles. The fraction of sp³-hybridized carbons (Fsp3) is 0.882. The highest BCUT2D eigenvalue weighted by Crippen LogP contribution is 2.66. The van der Waals surface area contributed by atoms with Crippen LogP contribution in [0.4, 0.5) is 0 Å². The molecule has 3 saturated carbocycles. The molecule has 20 heavy (non-hydrogen) atoms. The molecular formula is C17H29BO2. The maximum absolute atomic E-state index is 6.50. The third-order valence-corrected chi connectivity index (χ3v) is 6.51. The van der Waals surface area contributed by atoms with E-state index in [4.69, 9.17) is 9.31 Å². The topological polar surface area (TPSA) is 18.5 Å². The molecule has 1 heterocycles. The Morgan fingerprint density at radius 2 is 2.10 bits per heavy atom. The molecule has 0 aromatic carbocycles. The summed E-state index contributed by atoms with van der Waals surface area (Å²) in [4.78, 5) is 0. The van der Waals surface area contributed by atoms with Crippen LogP contribution in [0.1, 0.15) is 59.8 Å². The van der Waals surface area contributed by atoms with Crippen LogP contribution in [0.25, 0.3) is 0 Å². The van der Waals surface area contributed by atoms with Gasteiger partial charge in [-0.1, -0.05) is 39.7 Å². The lowest BCUT2D eigenvalue weighted by molar-refractivity contribution is -0.199. The first-order valence-corrected chi connectivity index (χ1v) is 8.39. The van der Waals surface area contributed by atoms with Crippen molar-refractivity contribution in [2.24, 2.45) is 17.3 Å². The molecule has 4 rings (SSSR count). The lowest BCUT2D eigenvalue weighted by Gasteiger charge is -2.64. The van der Waals surface area contributed by atoms with Crippen molar-refractivity contribution in [3.63, 3.8) is 0 Å². The summed E-state index contributed by atoms with van der Waals surface area (Å²) >= 11 is 0. The van der Waals surface area contributed by atoms with E-state index in [1.54, 1.807) is 0 Å². The smallest absolute Gasteiger partial charge is 0.405 e. The summed E-state index contributed by atoms with van der Waals surface area (Å²) < 4.78 is 12.8. The Hall–Kier alpha value is -0.275. The summed E-state index contributed by atoms with van der Waals surface area (Å²) in [6.07, 6.45) is 8.40. The zero-order valence-electron chi connectivity index (χ0n) is 13.5. The van der Waals surface area contributed by atoms with E-state index < -0.39 is 0 Å². The summed E-state index contributed by atoms with van der Waals surface area (Å²) in [6, 6.07) is 0. The summed E-state index contributed by atoms with van der Waals surface area (Å²) in [5.74, 6) is 1.82. The number of hydrogen-bond donors (Lipinski definition) is 0. The van der Waals surface area contributed by atoms with Gasteiger partial charge in [0.25, 0.3) is 0 Å². The van der Waals surface area contributed by atoms with Gasteiger partial charge in [0.15, 0.2) is 0 Å². The fourth-order valence-corrected chi connectivity index (χ4v) is 4.89. The molecule has 2 bridgehead atoms. The minimum atomic E-state index is -0.0730. The van der Waals surface area contributed by atoms with Crippen LogP contribution in [0.2, 0.25) is 5.82 Å². The second kappa shape index (κ2) is 4.88. The summed E-state index contributed by atoms with van der Waals surface area (Å²) in [5, 5.41) is 0. The van der Waals surface area contributed by atoms with Crippen molar-refractivity contribution in [1.29, 1.82) is 0 Å². The zero-order chi connectivity index (χ0) is 14.5. The first kappa shape index (κ1) is 14.7. The molecule has 0 aromatic rings. The Labute approximate surface area is 124 Å². The molecule has 0 spiro atoms. The fourth-order valence-electron chi connectivity index (χ4n) is 4.89. The van der Waals surface area contributed by atoms with E-state index in [9.17, 15) is 0 Å². The molecule has 0 N–H and O–H groups in total. The van der Waals surface area contributed by atoms with Crippen molar-refractivity contribution in [2.45, 2.75) is 77.3 Å². The molecule has 5 atom stereocenters. The van der Waals surface area contributed by atoms with Crippen molar-refractivity contribution in [1.82, 2.24) is 0 Å². The van der Waals surface area contributed by atoms with Gasteiger partial charge in [0.1, 0.15) is 0 Å². The minimum Gasteiger partial charge on any atom is -0.405 e. The van der Waals surface area contributed by atoms with E-state index in [-0.39, 0.29) is 12.7 Å². The van der Waals surface area contributed by atoms with E-state index >= 15 is 0 Å². The Kier molecular flexibility index (Phi) is 3.57. The van der Waals surface area contributed by atoms with Crippen LogP contribution >= 0.6 is 0 Å². The van der Waals surface area contributed by atoms with E-state index in [1.807, 2.05) is 6.08 Å². The van der Waals surface area contributed by atoms with E-state index in [2.05, 4.69) is 34.3 Å². The first-order valence-electron chi connectivity index (χ1n) is 8.39. The van der Waals surface area contributed by atoms with Gasteiger partial charge >= 0.3 is 7.12 Å². The van der Waals surface area contributed by atoms with Gasteiger partial charge in [0.2, 0.25) is 0 Å². The molecule has 1 saturated heterocycles. The molecule has 3 aliphatic carbocycles. The van der Waals surface area contributed by atoms with Gasteiger partial charge in [0.05, 0.1) is 11.7 Å². The Bertz CT molecular complexity index is 394. The quantitative estimate of drug-likeness (QED) is 0.545. The number of hydrogen-bond acceptors (Lipinski definition) is 2. The zero-order valence-corrected chi connectivity index (χ0v) is 13.5. The SMILES string of the molecule is C=C[C@H](CCCC)B1O[C@@H]2C[C@@H]3C[C@@H](C3(C)C)[C@]2(C)O1. The third-order valence-electron chi connectivity index (χ3n) is 6.51. The Balaban J connectivity index is 1.73. The Morgan fingerprint density at radius 1 is 1.35 bits per heavy atom. The van der Waals surface area contributed by atoms with Gasteiger partial charge in [0, 0.05) is 5.82 Å². The first-order chi connectivity index (χ1) is 9.43. The summed E-state index contributed by atoms with van der Waals surface area (Å²) in [5.41, 5.74) is 0.354. The summed E-state index contributed by atoms with van der Waals surface area (Å²) in [7, 11) is -0.0656. The van der Waals surface area contributed by atoms with Crippen molar-refractivity contribution in [3.8, 4) is 0 Å². The molecule has 0 amide bonds. The maximum Gasteiger partial charge on any atom is 0.465 e. The van der Waals surface area contributed by atoms with E-state index in [0.717, 1.165) is 12.3 Å². The highest BCUT2D eigenvalue weighted by Gasteiger charge is 2.68. The molecule has 3 heteroatoms. The van der Waals surface area contributed by atoms with E-state index in [1.165, 1.54) is 25.7 Å². The van der Waals surface area contributed by atoms with E-state index in [0.29, 0.717) is 23.3 Å². The van der Waals surface area contributed by atoms with Crippen LogP contribution in [0.5, 0.6) is 0 Å². The largest absolute Gasteiger partial charge is 0.465 e. The normalized spacial score (nSPS) is 42.8. The number of unbranched alkanes of at least 4 members (excludes halogenated alkanes) is 1. The highest BCUT2D eigenvalue weighted by atomic mass is 16.7. The maximum atomic E-state index is 6.50. The van der Waals surface area contributed by atoms with Crippen LogP contribution in [-0.2, 0) is 9.31 Å². The lowest BCUT2D eigenvalue weighted by Crippen LogP contribution is -2.65. The van der Waals surface area contributed by atoms with Crippen LogP contribution in [-0.4, -0.2) is 18.8 Å². The van der Waals surface area contributed by atoms with Crippen molar-refractivity contribution in [2.75, 3.05) is 0 Å². The predicted molar refractivity (Wildman–Crippen MR) is 83.6 cm³/mol. The van der Waals surface area contributed by atoms with Crippen LogP contribution in [0.15, 0.2) is 12.7 Å². The summed E-state index contributed by atoms with van der Waals surface area (Å²) in [6.45, 7) is 13.3. The molecule has 112 valence electrons. The van der Waals surface area contributed by atoms with Crippen molar-refractivity contribution < 1.29 is 9.31 Å². The second-order valence-electron chi connectivity index (χ2n) is 7.88. The van der Waals surface area contributed by atoms with Crippen molar-refractivity contribution >= 4 is 7.12 Å². The van der Waals surface area contributed by atoms with Gasteiger partial charge in [-0.05, 0) is 43.4 Å². The average molecular weight is 276 g/mol. The third kappa shape index (κ3) is 1.93. The molecule has 0 aromatic heterocycles. The molecule has 0 radical (unpaired) electrons. The van der Waals surface area contributed by atoms with Gasteiger partial charge in [-0.3, -0.25) is 0 Å². The Morgan fingerprint density at radius 3 is 2.70 bits per heavy atom. The predicted octanol–water partition coefficient (Wildman–Crippen LogP) is 4.46. The van der Waals surface area contributed by atoms with Gasteiger partial charge in [-0.2, -0.15) is 0 Å². The number of allylic oxidation sites excluding steroid dienone is 1. The minimum absolute atomic E-state index is 0.0656. The average Bonchev–Trinajstić information content (AvgIpc) is 2.76. The standard InChI is InChI=1S/C17H29BO2/c1-6-8-9-13(7-2)18-19-15-11-12-10-14(16(12,3)4)17(15,5)20-18/h7,12-15H,2,6,8-11H2,1,3-5H3/t12-,13+,14-,15+,17-/m0/s1. The molecule has 4 fully saturated rings. The molecule has 2 nitrogen and oxygen atoms in total. The molecule has 4 aliphatic rings. The van der Waals surface area contributed by atoms with Gasteiger partial charge < -0.3 is 9.31 Å². The highest BCUT2D eigenvalue weighted by molar-refractivity contribution is 6.48. The molecular weight excluding hydrogens is 247 g/mol.